The van der Waals surface area contributed by atoms with E-state index in [1.165, 1.54) is 0 Å². The van der Waals surface area contributed by atoms with Crippen molar-refractivity contribution >= 4 is 29.5 Å². The molecule has 9 heteroatoms. The zero-order chi connectivity index (χ0) is 23.9. The maximum atomic E-state index is 13.6. The van der Waals surface area contributed by atoms with Crippen molar-refractivity contribution in [3.05, 3.63) is 35.4 Å². The van der Waals surface area contributed by atoms with Crippen LogP contribution in [0.5, 0.6) is 0 Å². The summed E-state index contributed by atoms with van der Waals surface area (Å²) in [7, 11) is 1.70. The molecule has 3 amide bonds. The van der Waals surface area contributed by atoms with Gasteiger partial charge in [0.05, 0.1) is 23.6 Å². The van der Waals surface area contributed by atoms with E-state index in [0.29, 0.717) is 19.3 Å². The highest BCUT2D eigenvalue weighted by atomic mass is 32.2. The predicted octanol–water partition coefficient (Wildman–Crippen LogP) is 0.944. The van der Waals surface area contributed by atoms with Gasteiger partial charge in [0.25, 0.3) is 0 Å². The normalized spacial score (nSPS) is 31.4. The topological polar surface area (TPSA) is 111 Å². The van der Waals surface area contributed by atoms with E-state index < -0.39 is 35.7 Å². The van der Waals surface area contributed by atoms with Gasteiger partial charge >= 0.3 is 0 Å². The molecule has 0 aromatic heterocycles. The van der Waals surface area contributed by atoms with E-state index in [-0.39, 0.29) is 23.1 Å². The van der Waals surface area contributed by atoms with Crippen LogP contribution in [0, 0.1) is 5.41 Å². The van der Waals surface area contributed by atoms with Gasteiger partial charge in [0, 0.05) is 6.42 Å². The van der Waals surface area contributed by atoms with Crippen LogP contribution in [0.1, 0.15) is 50.8 Å². The first kappa shape index (κ1) is 24.0. The highest BCUT2D eigenvalue weighted by molar-refractivity contribution is 7.99. The standard InChI is InChI=1S/C24H34N4O4S/c1-13(25-4)21(30)26-16-9-10-33-18-12-24(2,3)20(28(18)23(16)32)22(31)27-19-15-8-6-5-7-14(15)11-17(19)29/h5-8,13,16-20,25,29H,9-12H2,1-4H3,(H,26,30)(H,27,31)/t13-,16-,17+,18-,19-,20+/m0/s1. The number of aliphatic hydroxyl groups is 1. The van der Waals surface area contributed by atoms with E-state index in [0.717, 1.165) is 16.9 Å². The number of benzene rings is 1. The van der Waals surface area contributed by atoms with Gasteiger partial charge in [-0.2, -0.15) is 0 Å². The lowest BCUT2D eigenvalue weighted by Gasteiger charge is -2.35. The second-order valence-electron chi connectivity index (χ2n) is 9.98. The van der Waals surface area contributed by atoms with Crippen LogP contribution in [-0.4, -0.2) is 70.1 Å². The monoisotopic (exact) mass is 474 g/mol. The third-order valence-electron chi connectivity index (χ3n) is 7.19. The second kappa shape index (κ2) is 9.27. The summed E-state index contributed by atoms with van der Waals surface area (Å²) in [5.41, 5.74) is 1.51. The first-order chi connectivity index (χ1) is 15.6. The Morgan fingerprint density at radius 1 is 1.24 bits per heavy atom. The molecule has 180 valence electrons. The Morgan fingerprint density at radius 2 is 1.97 bits per heavy atom. The molecule has 0 unspecified atom stereocenters. The molecule has 0 spiro atoms. The van der Waals surface area contributed by atoms with Crippen molar-refractivity contribution in [1.82, 2.24) is 20.9 Å². The Labute approximate surface area is 199 Å². The number of carbonyl (C=O) groups is 3. The minimum atomic E-state index is -0.698. The highest BCUT2D eigenvalue weighted by Crippen LogP contribution is 2.46. The highest BCUT2D eigenvalue weighted by Gasteiger charge is 2.55. The number of thioether (sulfide) groups is 1. The summed E-state index contributed by atoms with van der Waals surface area (Å²) in [5, 5.41) is 19.3. The molecular formula is C24H34N4O4S. The maximum Gasteiger partial charge on any atom is 0.246 e. The summed E-state index contributed by atoms with van der Waals surface area (Å²) >= 11 is 1.67. The van der Waals surface area contributed by atoms with Crippen LogP contribution in [0.2, 0.25) is 0 Å². The van der Waals surface area contributed by atoms with Gasteiger partial charge in [0.1, 0.15) is 12.1 Å². The van der Waals surface area contributed by atoms with Crippen molar-refractivity contribution in [2.75, 3.05) is 12.8 Å². The number of rotatable bonds is 5. The van der Waals surface area contributed by atoms with Gasteiger partial charge in [0.15, 0.2) is 0 Å². The molecule has 1 aromatic rings. The van der Waals surface area contributed by atoms with Gasteiger partial charge in [-0.3, -0.25) is 14.4 Å². The second-order valence-corrected chi connectivity index (χ2v) is 11.3. The molecule has 33 heavy (non-hydrogen) atoms. The zero-order valence-corrected chi connectivity index (χ0v) is 20.4. The molecule has 2 aliphatic heterocycles. The maximum absolute atomic E-state index is 13.6. The third-order valence-corrected chi connectivity index (χ3v) is 8.44. The van der Waals surface area contributed by atoms with Gasteiger partial charge in [-0.1, -0.05) is 38.1 Å². The van der Waals surface area contributed by atoms with E-state index in [4.69, 9.17) is 0 Å². The molecule has 1 aromatic carbocycles. The third kappa shape index (κ3) is 4.50. The van der Waals surface area contributed by atoms with Gasteiger partial charge in [-0.25, -0.2) is 0 Å². The van der Waals surface area contributed by atoms with E-state index in [1.807, 2.05) is 38.1 Å². The number of hydrogen-bond donors (Lipinski definition) is 4. The fraction of sp³-hybridized carbons (Fsp3) is 0.625. The van der Waals surface area contributed by atoms with E-state index >= 15 is 0 Å². The molecule has 1 aliphatic carbocycles. The molecule has 0 bridgehead atoms. The number of amides is 3. The molecule has 4 rings (SSSR count). The SMILES string of the molecule is CN[C@@H](C)C(=O)N[C@H]1CCS[C@H]2CC(C)(C)[C@@H](C(=O)N[C@H]3c4ccccc4C[C@H]3O)N2C1=O. The van der Waals surface area contributed by atoms with Crippen LogP contribution in [0.3, 0.4) is 0 Å². The van der Waals surface area contributed by atoms with Crippen LogP contribution >= 0.6 is 11.8 Å². The quantitative estimate of drug-likeness (QED) is 0.506. The number of carbonyl (C=O) groups excluding carboxylic acids is 3. The number of likely N-dealkylation sites (N-methyl/N-ethyl adjacent to an activating group) is 1. The lowest BCUT2D eigenvalue weighted by atomic mass is 9.83. The van der Waals surface area contributed by atoms with Crippen molar-refractivity contribution in [3.8, 4) is 0 Å². The molecule has 8 nitrogen and oxygen atoms in total. The smallest absolute Gasteiger partial charge is 0.246 e. The summed E-state index contributed by atoms with van der Waals surface area (Å²) in [6.07, 6.45) is 1.02. The van der Waals surface area contributed by atoms with Gasteiger partial charge in [-0.05, 0) is 49.1 Å². The first-order valence-corrected chi connectivity index (χ1v) is 12.7. The Hall–Kier alpha value is -2.10. The predicted molar refractivity (Wildman–Crippen MR) is 127 cm³/mol. The number of nitrogens with one attached hydrogen (secondary N) is 3. The first-order valence-electron chi connectivity index (χ1n) is 11.6. The van der Waals surface area contributed by atoms with Gasteiger partial charge < -0.3 is 26.0 Å². The van der Waals surface area contributed by atoms with E-state index in [2.05, 4.69) is 16.0 Å². The molecule has 6 atom stereocenters. The summed E-state index contributed by atoms with van der Waals surface area (Å²) in [6, 6.07) is 5.48. The molecule has 0 saturated carbocycles. The fourth-order valence-electron chi connectivity index (χ4n) is 5.26. The van der Waals surface area contributed by atoms with Crippen LogP contribution in [0.4, 0.5) is 0 Å². The summed E-state index contributed by atoms with van der Waals surface area (Å²) < 4.78 is 0. The summed E-state index contributed by atoms with van der Waals surface area (Å²) in [5.74, 6) is 0.0298. The van der Waals surface area contributed by atoms with Crippen molar-refractivity contribution in [2.45, 2.75) is 75.7 Å². The lowest BCUT2D eigenvalue weighted by molar-refractivity contribution is -0.144. The number of nitrogens with zero attached hydrogens (tertiary/aromatic N) is 1. The Bertz CT molecular complexity index is 939. The van der Waals surface area contributed by atoms with Crippen molar-refractivity contribution in [3.63, 3.8) is 0 Å². The molecule has 2 heterocycles. The fourth-order valence-corrected chi connectivity index (χ4v) is 6.84. The van der Waals surface area contributed by atoms with Crippen LogP contribution in [0.15, 0.2) is 24.3 Å². The molecule has 2 fully saturated rings. The Balaban J connectivity index is 1.57. The Kier molecular flexibility index (Phi) is 6.75. The minimum absolute atomic E-state index is 0.118. The average molecular weight is 475 g/mol. The minimum Gasteiger partial charge on any atom is -0.390 e. The molecule has 2 saturated heterocycles. The number of fused-ring (bicyclic) bond motifs is 2. The number of hydrogen-bond acceptors (Lipinski definition) is 6. The van der Waals surface area contributed by atoms with Gasteiger partial charge in [-0.15, -0.1) is 11.8 Å². The lowest BCUT2D eigenvalue weighted by Crippen LogP contribution is -2.58. The Morgan fingerprint density at radius 3 is 2.70 bits per heavy atom. The van der Waals surface area contributed by atoms with E-state index in [9.17, 15) is 19.5 Å². The average Bonchev–Trinajstić information content (AvgIpc) is 3.18. The van der Waals surface area contributed by atoms with Crippen molar-refractivity contribution < 1.29 is 19.5 Å². The van der Waals surface area contributed by atoms with Crippen molar-refractivity contribution in [1.29, 1.82) is 0 Å². The molecular weight excluding hydrogens is 440 g/mol. The summed E-state index contributed by atoms with van der Waals surface area (Å²) in [6.45, 7) is 5.76. The largest absolute Gasteiger partial charge is 0.390 e. The zero-order valence-electron chi connectivity index (χ0n) is 19.6. The van der Waals surface area contributed by atoms with Crippen LogP contribution in [0.25, 0.3) is 0 Å². The van der Waals surface area contributed by atoms with Crippen molar-refractivity contribution in [2.24, 2.45) is 5.41 Å². The van der Waals surface area contributed by atoms with Crippen LogP contribution < -0.4 is 16.0 Å². The molecule has 0 radical (unpaired) electrons. The number of aliphatic hydroxyl groups excluding tert-OH is 1. The molecule has 3 aliphatic rings. The molecule has 4 N–H and O–H groups in total. The summed E-state index contributed by atoms with van der Waals surface area (Å²) in [4.78, 5) is 41.4. The van der Waals surface area contributed by atoms with E-state index in [1.54, 1.807) is 30.6 Å². The van der Waals surface area contributed by atoms with Gasteiger partial charge in [0.2, 0.25) is 17.7 Å². The van der Waals surface area contributed by atoms with Crippen LogP contribution in [-0.2, 0) is 20.8 Å².